The van der Waals surface area contributed by atoms with Gasteiger partial charge in [0.05, 0.1) is 6.07 Å². The molecule has 118 valence electrons. The van der Waals surface area contributed by atoms with Crippen LogP contribution in [0.1, 0.15) is 24.8 Å². The number of hydrogen-bond acceptors (Lipinski definition) is 3. The van der Waals surface area contributed by atoms with Crippen molar-refractivity contribution < 1.29 is 9.59 Å². The summed E-state index contributed by atoms with van der Waals surface area (Å²) in [5, 5.41) is 10.3. The van der Waals surface area contributed by atoms with Crippen molar-refractivity contribution in [1.82, 2.24) is 9.88 Å². The molecule has 1 atom stereocenters. The predicted molar refractivity (Wildman–Crippen MR) is 86.5 cm³/mol. The first-order valence-corrected chi connectivity index (χ1v) is 7.97. The summed E-state index contributed by atoms with van der Waals surface area (Å²) in [5.41, 5.74) is 2.07. The number of nitriles is 1. The molecule has 5 nitrogen and oxygen atoms in total. The Morgan fingerprint density at radius 1 is 1.26 bits per heavy atom. The molecule has 3 rings (SSSR count). The summed E-state index contributed by atoms with van der Waals surface area (Å²) in [6.07, 6.45) is 4.54. The van der Waals surface area contributed by atoms with Crippen molar-refractivity contribution in [3.63, 3.8) is 0 Å². The van der Waals surface area contributed by atoms with Gasteiger partial charge in [0.15, 0.2) is 11.7 Å². The highest BCUT2D eigenvalue weighted by Gasteiger charge is 2.31. The first-order valence-electron chi connectivity index (χ1n) is 7.97. The van der Waals surface area contributed by atoms with Crippen molar-refractivity contribution in [3.8, 4) is 6.07 Å². The number of nitrogens with zero attached hydrogens (tertiary/aromatic N) is 2. The number of aromatic nitrogens is 1. The van der Waals surface area contributed by atoms with E-state index in [9.17, 15) is 14.9 Å². The van der Waals surface area contributed by atoms with E-state index in [1.54, 1.807) is 4.90 Å². The van der Waals surface area contributed by atoms with Crippen molar-refractivity contribution >= 4 is 22.6 Å². The summed E-state index contributed by atoms with van der Waals surface area (Å²) >= 11 is 0. The number of carbonyl (C=O) groups is 2. The second-order valence-electron chi connectivity index (χ2n) is 5.92. The molecule has 1 aromatic carbocycles. The number of amides is 1. The molecule has 1 saturated heterocycles. The molecule has 1 N–H and O–H groups in total. The Morgan fingerprint density at radius 3 is 2.74 bits per heavy atom. The molecule has 2 heterocycles. The summed E-state index contributed by atoms with van der Waals surface area (Å²) in [7, 11) is 0. The summed E-state index contributed by atoms with van der Waals surface area (Å²) in [6, 6.07) is 9.79. The topological polar surface area (TPSA) is 77.0 Å². The largest absolute Gasteiger partial charge is 0.361 e. The standard InChI is InChI=1S/C18H19N3O2/c19-11-15(18(23)21-9-3-4-10-21)17(22)8-7-13-12-20-16-6-2-1-5-14(13)16/h1-2,5-6,12,15,20H,3-4,7-10H2/t15-/m0/s1. The van der Waals surface area contributed by atoms with Crippen molar-refractivity contribution in [1.29, 1.82) is 5.26 Å². The minimum absolute atomic E-state index is 0.208. The minimum Gasteiger partial charge on any atom is -0.361 e. The minimum atomic E-state index is -1.15. The Morgan fingerprint density at radius 2 is 2.00 bits per heavy atom. The van der Waals surface area contributed by atoms with Gasteiger partial charge in [0.1, 0.15) is 0 Å². The van der Waals surface area contributed by atoms with Crippen LogP contribution in [0.15, 0.2) is 30.5 Å². The number of aryl methyl sites for hydroxylation is 1. The number of H-pyrrole nitrogens is 1. The molecule has 1 aliphatic rings. The van der Waals surface area contributed by atoms with E-state index >= 15 is 0 Å². The summed E-state index contributed by atoms with van der Waals surface area (Å²) < 4.78 is 0. The lowest BCUT2D eigenvalue weighted by Gasteiger charge is -2.17. The Hall–Kier alpha value is -2.61. The van der Waals surface area contributed by atoms with Gasteiger partial charge in [0.2, 0.25) is 5.91 Å². The first-order chi connectivity index (χ1) is 11.2. The molecule has 2 aromatic rings. The second kappa shape index (κ2) is 6.66. The summed E-state index contributed by atoms with van der Waals surface area (Å²) in [4.78, 5) is 29.4. The van der Waals surface area contributed by atoms with Crippen molar-refractivity contribution in [2.24, 2.45) is 5.92 Å². The SMILES string of the molecule is N#C[C@@H](C(=O)CCc1c[nH]c2ccccc12)C(=O)N1CCCC1. The van der Waals surface area contributed by atoms with Crippen LogP contribution < -0.4 is 0 Å². The van der Waals surface area contributed by atoms with E-state index < -0.39 is 5.92 Å². The van der Waals surface area contributed by atoms with Crippen LogP contribution in [0.5, 0.6) is 0 Å². The van der Waals surface area contributed by atoms with Crippen LogP contribution in [0, 0.1) is 17.2 Å². The Bertz CT molecular complexity index is 766. The lowest BCUT2D eigenvalue weighted by molar-refractivity contribution is -0.138. The van der Waals surface area contributed by atoms with Crippen LogP contribution in [0.4, 0.5) is 0 Å². The Balaban J connectivity index is 1.66. The number of para-hydroxylation sites is 1. The smallest absolute Gasteiger partial charge is 0.247 e. The zero-order valence-corrected chi connectivity index (χ0v) is 12.9. The van der Waals surface area contributed by atoms with Gasteiger partial charge < -0.3 is 9.88 Å². The zero-order chi connectivity index (χ0) is 16.2. The Labute approximate surface area is 134 Å². The highest BCUT2D eigenvalue weighted by molar-refractivity contribution is 6.04. The predicted octanol–water partition coefficient (Wildman–Crippen LogP) is 2.43. The number of nitrogens with one attached hydrogen (secondary N) is 1. The van der Waals surface area contributed by atoms with Crippen LogP contribution >= 0.6 is 0 Å². The number of fused-ring (bicyclic) bond motifs is 1. The number of benzene rings is 1. The molecule has 0 bridgehead atoms. The number of rotatable bonds is 5. The van der Waals surface area contributed by atoms with Gasteiger partial charge >= 0.3 is 0 Å². The van der Waals surface area contributed by atoms with Crippen LogP contribution in [-0.4, -0.2) is 34.7 Å². The van der Waals surface area contributed by atoms with E-state index in [2.05, 4.69) is 4.98 Å². The molecule has 1 fully saturated rings. The molecule has 23 heavy (non-hydrogen) atoms. The lowest BCUT2D eigenvalue weighted by Crippen LogP contribution is -2.37. The van der Waals surface area contributed by atoms with Gasteiger partial charge in [-0.2, -0.15) is 5.26 Å². The normalized spacial score (nSPS) is 15.5. The molecule has 1 amide bonds. The fraction of sp³-hybridized carbons (Fsp3) is 0.389. The average Bonchev–Trinajstić information content (AvgIpc) is 3.23. The average molecular weight is 309 g/mol. The molecule has 0 saturated carbocycles. The third-order valence-corrected chi connectivity index (χ3v) is 4.43. The maximum atomic E-state index is 12.3. The number of aromatic amines is 1. The highest BCUT2D eigenvalue weighted by atomic mass is 16.2. The van der Waals surface area contributed by atoms with Gasteiger partial charge in [-0.1, -0.05) is 18.2 Å². The van der Waals surface area contributed by atoms with Crippen molar-refractivity contribution in [3.05, 3.63) is 36.0 Å². The molecule has 1 aliphatic heterocycles. The third kappa shape index (κ3) is 3.11. The van der Waals surface area contributed by atoms with Gasteiger partial charge in [-0.3, -0.25) is 9.59 Å². The zero-order valence-electron chi connectivity index (χ0n) is 12.9. The van der Waals surface area contributed by atoms with E-state index in [0.717, 1.165) is 29.3 Å². The highest BCUT2D eigenvalue weighted by Crippen LogP contribution is 2.20. The number of Topliss-reactive ketones (excluding diaryl/α,β-unsaturated/α-hetero) is 1. The Kier molecular flexibility index (Phi) is 4.42. The maximum absolute atomic E-state index is 12.3. The fourth-order valence-electron chi connectivity index (χ4n) is 3.13. The van der Waals surface area contributed by atoms with Crippen molar-refractivity contribution in [2.45, 2.75) is 25.7 Å². The van der Waals surface area contributed by atoms with E-state index in [1.165, 1.54) is 0 Å². The van der Waals surface area contributed by atoms with E-state index in [-0.39, 0.29) is 18.1 Å². The number of likely N-dealkylation sites (tertiary alicyclic amines) is 1. The second-order valence-corrected chi connectivity index (χ2v) is 5.92. The first kappa shape index (κ1) is 15.3. The van der Waals surface area contributed by atoms with Crippen LogP contribution in [0.25, 0.3) is 10.9 Å². The van der Waals surface area contributed by atoms with Crippen LogP contribution in [0.3, 0.4) is 0 Å². The molecule has 0 aliphatic carbocycles. The molecule has 5 heteroatoms. The third-order valence-electron chi connectivity index (χ3n) is 4.43. The quantitative estimate of drug-likeness (QED) is 0.862. The lowest BCUT2D eigenvalue weighted by atomic mass is 9.97. The molecule has 0 spiro atoms. The van der Waals surface area contributed by atoms with Gasteiger partial charge in [0.25, 0.3) is 0 Å². The number of ketones is 1. The van der Waals surface area contributed by atoms with Gasteiger partial charge in [-0.25, -0.2) is 0 Å². The van der Waals surface area contributed by atoms with Gasteiger partial charge in [-0.05, 0) is 30.9 Å². The number of hydrogen-bond donors (Lipinski definition) is 1. The van der Waals surface area contributed by atoms with Crippen molar-refractivity contribution in [2.75, 3.05) is 13.1 Å². The molecule has 0 unspecified atom stereocenters. The van der Waals surface area contributed by atoms with E-state index in [1.807, 2.05) is 36.5 Å². The van der Waals surface area contributed by atoms with Gasteiger partial charge in [0, 0.05) is 36.6 Å². The molecular weight excluding hydrogens is 290 g/mol. The molecule has 1 aromatic heterocycles. The molecule has 0 radical (unpaired) electrons. The van der Waals surface area contributed by atoms with Crippen LogP contribution in [0.2, 0.25) is 0 Å². The summed E-state index contributed by atoms with van der Waals surface area (Å²) in [5.74, 6) is -1.76. The van der Waals surface area contributed by atoms with E-state index in [4.69, 9.17) is 0 Å². The van der Waals surface area contributed by atoms with Gasteiger partial charge in [-0.15, -0.1) is 0 Å². The monoisotopic (exact) mass is 309 g/mol. The van der Waals surface area contributed by atoms with Crippen LogP contribution in [-0.2, 0) is 16.0 Å². The maximum Gasteiger partial charge on any atom is 0.247 e. The number of carbonyl (C=O) groups excluding carboxylic acids is 2. The molecular formula is C18H19N3O2. The summed E-state index contributed by atoms with van der Waals surface area (Å²) in [6.45, 7) is 1.32. The van der Waals surface area contributed by atoms with E-state index in [0.29, 0.717) is 19.5 Å². The fourth-order valence-corrected chi connectivity index (χ4v) is 3.13.